The summed E-state index contributed by atoms with van der Waals surface area (Å²) < 4.78 is 0. The van der Waals surface area contributed by atoms with Crippen LogP contribution in [0.5, 0.6) is 0 Å². The van der Waals surface area contributed by atoms with Crippen molar-refractivity contribution in [1.29, 1.82) is 0 Å². The Balaban J connectivity index is 1.68. The molecule has 3 atom stereocenters. The lowest BCUT2D eigenvalue weighted by Gasteiger charge is -2.43. The molecule has 1 heteroatoms. The van der Waals surface area contributed by atoms with Crippen molar-refractivity contribution in [2.75, 3.05) is 5.32 Å². The molecule has 2 aliphatic carbocycles. The van der Waals surface area contributed by atoms with Gasteiger partial charge in [-0.15, -0.1) is 0 Å². The fourth-order valence-electron chi connectivity index (χ4n) is 5.11. The zero-order valence-corrected chi connectivity index (χ0v) is 13.3. The molecule has 110 valence electrons. The van der Waals surface area contributed by atoms with Crippen LogP contribution in [0.2, 0.25) is 0 Å². The van der Waals surface area contributed by atoms with E-state index >= 15 is 0 Å². The van der Waals surface area contributed by atoms with Crippen molar-refractivity contribution in [3.05, 3.63) is 42.5 Å². The number of anilines is 1. The molecule has 4 rings (SSSR count). The second kappa shape index (κ2) is 4.25. The van der Waals surface area contributed by atoms with Crippen LogP contribution in [0.1, 0.15) is 40.0 Å². The first-order chi connectivity index (χ1) is 9.99. The molecule has 2 aromatic rings. The molecule has 2 aliphatic rings. The standard InChI is InChI=1S/C20H25N/c1-19(2)16-10-11-20(3,13-16)18(19)21-17-9-8-14-6-4-5-7-15(14)12-17/h4-9,12,16,18,21H,10-11,13H2,1-3H3/t16-,18?,20+/m0/s1. The van der Waals surface area contributed by atoms with Gasteiger partial charge in [-0.05, 0) is 58.9 Å². The van der Waals surface area contributed by atoms with Crippen LogP contribution in [-0.2, 0) is 0 Å². The normalized spacial score (nSPS) is 33.5. The van der Waals surface area contributed by atoms with Crippen LogP contribution >= 0.6 is 0 Å². The zero-order chi connectivity index (χ0) is 14.7. The lowest BCUT2D eigenvalue weighted by atomic mass is 9.68. The Hall–Kier alpha value is -1.50. The zero-order valence-electron chi connectivity index (χ0n) is 13.3. The molecule has 0 radical (unpaired) electrons. The van der Waals surface area contributed by atoms with E-state index in [0.717, 1.165) is 5.92 Å². The van der Waals surface area contributed by atoms with Crippen molar-refractivity contribution in [3.8, 4) is 0 Å². The van der Waals surface area contributed by atoms with Crippen LogP contribution in [0.3, 0.4) is 0 Å². The predicted octanol–water partition coefficient (Wildman–Crippen LogP) is 5.47. The second-order valence-electron chi connectivity index (χ2n) is 8.05. The smallest absolute Gasteiger partial charge is 0.0368 e. The van der Waals surface area contributed by atoms with E-state index in [1.54, 1.807) is 0 Å². The van der Waals surface area contributed by atoms with Crippen molar-refractivity contribution >= 4 is 16.5 Å². The third-order valence-corrected chi connectivity index (χ3v) is 6.33. The van der Waals surface area contributed by atoms with Crippen molar-refractivity contribution in [1.82, 2.24) is 0 Å². The first-order valence-corrected chi connectivity index (χ1v) is 8.24. The fourth-order valence-corrected chi connectivity index (χ4v) is 5.11. The van der Waals surface area contributed by atoms with Gasteiger partial charge < -0.3 is 5.32 Å². The SMILES string of the molecule is CC1(C)C(Nc2ccc3ccccc3c2)[C@]2(C)CC[C@H]1C2. The van der Waals surface area contributed by atoms with Crippen LogP contribution < -0.4 is 5.32 Å². The molecule has 0 amide bonds. The Morgan fingerprint density at radius 3 is 2.48 bits per heavy atom. The van der Waals surface area contributed by atoms with Gasteiger partial charge in [-0.3, -0.25) is 0 Å². The number of rotatable bonds is 2. The van der Waals surface area contributed by atoms with Crippen LogP contribution in [-0.4, -0.2) is 6.04 Å². The molecule has 2 fully saturated rings. The molecule has 2 saturated carbocycles. The average molecular weight is 279 g/mol. The Kier molecular flexibility index (Phi) is 2.67. The molecule has 21 heavy (non-hydrogen) atoms. The van der Waals surface area contributed by atoms with Crippen molar-refractivity contribution < 1.29 is 0 Å². The Morgan fingerprint density at radius 1 is 1.00 bits per heavy atom. The topological polar surface area (TPSA) is 12.0 Å². The minimum absolute atomic E-state index is 0.401. The van der Waals surface area contributed by atoms with Gasteiger partial charge >= 0.3 is 0 Å². The highest BCUT2D eigenvalue weighted by Crippen LogP contribution is 2.63. The summed E-state index contributed by atoms with van der Waals surface area (Å²) in [5, 5.41) is 6.54. The molecule has 2 bridgehead atoms. The maximum Gasteiger partial charge on any atom is 0.0368 e. The first-order valence-electron chi connectivity index (χ1n) is 8.24. The summed E-state index contributed by atoms with van der Waals surface area (Å²) in [6.45, 7) is 7.40. The molecule has 2 aromatic carbocycles. The molecular weight excluding hydrogens is 254 g/mol. The summed E-state index contributed by atoms with van der Waals surface area (Å²) in [5.74, 6) is 0.889. The molecule has 0 saturated heterocycles. The Morgan fingerprint density at radius 2 is 1.76 bits per heavy atom. The summed E-state index contributed by atoms with van der Waals surface area (Å²) in [4.78, 5) is 0. The minimum atomic E-state index is 0.401. The summed E-state index contributed by atoms with van der Waals surface area (Å²) in [6, 6.07) is 16.0. The largest absolute Gasteiger partial charge is 0.381 e. The number of hydrogen-bond acceptors (Lipinski definition) is 1. The maximum absolute atomic E-state index is 3.90. The van der Waals surface area contributed by atoms with Gasteiger partial charge in [0.2, 0.25) is 0 Å². The van der Waals surface area contributed by atoms with Crippen molar-refractivity contribution in [2.45, 2.75) is 46.1 Å². The maximum atomic E-state index is 3.90. The number of benzene rings is 2. The fraction of sp³-hybridized carbons (Fsp3) is 0.500. The third-order valence-electron chi connectivity index (χ3n) is 6.33. The van der Waals surface area contributed by atoms with Crippen molar-refractivity contribution in [3.63, 3.8) is 0 Å². The average Bonchev–Trinajstić information content (AvgIpc) is 2.95. The van der Waals surface area contributed by atoms with E-state index in [2.05, 4.69) is 68.6 Å². The lowest BCUT2D eigenvalue weighted by Crippen LogP contribution is -2.45. The van der Waals surface area contributed by atoms with E-state index < -0.39 is 0 Å². The Labute approximate surface area is 127 Å². The van der Waals surface area contributed by atoms with Gasteiger partial charge in [0.25, 0.3) is 0 Å². The van der Waals surface area contributed by atoms with Crippen LogP contribution in [0, 0.1) is 16.7 Å². The highest BCUT2D eigenvalue weighted by atomic mass is 15.0. The molecular formula is C20H25N. The summed E-state index contributed by atoms with van der Waals surface area (Å²) in [7, 11) is 0. The van der Waals surface area contributed by atoms with Gasteiger partial charge in [0.15, 0.2) is 0 Å². The summed E-state index contributed by atoms with van der Waals surface area (Å²) in [5.41, 5.74) is 2.15. The highest BCUT2D eigenvalue weighted by Gasteiger charge is 2.59. The van der Waals surface area contributed by atoms with E-state index in [-0.39, 0.29) is 0 Å². The van der Waals surface area contributed by atoms with E-state index in [0.29, 0.717) is 16.9 Å². The Bertz CT molecular complexity index is 682. The third kappa shape index (κ3) is 1.90. The highest BCUT2D eigenvalue weighted by molar-refractivity contribution is 5.85. The summed E-state index contributed by atoms with van der Waals surface area (Å²) >= 11 is 0. The molecule has 1 N–H and O–H groups in total. The van der Waals surface area contributed by atoms with Gasteiger partial charge in [0, 0.05) is 11.7 Å². The minimum Gasteiger partial charge on any atom is -0.381 e. The quantitative estimate of drug-likeness (QED) is 0.769. The van der Waals surface area contributed by atoms with E-state index in [4.69, 9.17) is 0 Å². The van der Waals surface area contributed by atoms with Crippen LogP contribution in [0.25, 0.3) is 10.8 Å². The lowest BCUT2D eigenvalue weighted by molar-refractivity contribution is 0.155. The molecule has 1 unspecified atom stereocenters. The van der Waals surface area contributed by atoms with Gasteiger partial charge in [-0.1, -0.05) is 51.1 Å². The molecule has 0 heterocycles. The van der Waals surface area contributed by atoms with E-state index in [1.165, 1.54) is 35.7 Å². The van der Waals surface area contributed by atoms with E-state index in [9.17, 15) is 0 Å². The van der Waals surface area contributed by atoms with Gasteiger partial charge in [0.05, 0.1) is 0 Å². The number of fused-ring (bicyclic) bond motifs is 3. The molecule has 0 aliphatic heterocycles. The molecule has 0 spiro atoms. The molecule has 0 aromatic heterocycles. The van der Waals surface area contributed by atoms with Crippen LogP contribution in [0.4, 0.5) is 5.69 Å². The summed E-state index contributed by atoms with van der Waals surface area (Å²) in [6.07, 6.45) is 4.19. The molecule has 1 nitrogen and oxygen atoms in total. The van der Waals surface area contributed by atoms with Gasteiger partial charge in [0.1, 0.15) is 0 Å². The monoisotopic (exact) mass is 279 g/mol. The van der Waals surface area contributed by atoms with Crippen LogP contribution in [0.15, 0.2) is 42.5 Å². The number of hydrogen-bond donors (Lipinski definition) is 1. The van der Waals surface area contributed by atoms with E-state index in [1.807, 2.05) is 0 Å². The van der Waals surface area contributed by atoms with Crippen molar-refractivity contribution in [2.24, 2.45) is 16.7 Å². The first kappa shape index (κ1) is 13.2. The second-order valence-corrected chi connectivity index (χ2v) is 8.05. The number of nitrogens with one attached hydrogen (secondary N) is 1. The van der Waals surface area contributed by atoms with Gasteiger partial charge in [-0.25, -0.2) is 0 Å². The predicted molar refractivity (Wildman–Crippen MR) is 90.6 cm³/mol. The van der Waals surface area contributed by atoms with Gasteiger partial charge in [-0.2, -0.15) is 0 Å².